The topological polar surface area (TPSA) is 20.2 Å². The van der Waals surface area contributed by atoms with E-state index in [0.717, 1.165) is 32.1 Å². The van der Waals surface area contributed by atoms with Gasteiger partial charge < -0.3 is 5.11 Å². The van der Waals surface area contributed by atoms with Gasteiger partial charge in [-0.2, -0.15) is 0 Å². The third-order valence-corrected chi connectivity index (χ3v) is 4.52. The quantitative estimate of drug-likeness (QED) is 0.612. The van der Waals surface area contributed by atoms with Crippen LogP contribution in [-0.4, -0.2) is 11.2 Å². The van der Waals surface area contributed by atoms with Gasteiger partial charge in [-0.3, -0.25) is 0 Å². The Morgan fingerprint density at radius 3 is 2.81 bits per heavy atom. The van der Waals surface area contributed by atoms with Crippen LogP contribution in [0.4, 0.5) is 0 Å². The van der Waals surface area contributed by atoms with Crippen molar-refractivity contribution in [3.05, 3.63) is 22.8 Å². The van der Waals surface area contributed by atoms with Crippen molar-refractivity contribution >= 4 is 0 Å². The number of allylic oxidation sites excluding steroid dienone is 4. The maximum absolute atomic E-state index is 10.2. The molecule has 2 rings (SSSR count). The second-order valence-corrected chi connectivity index (χ2v) is 6.06. The second-order valence-electron chi connectivity index (χ2n) is 6.06. The lowest BCUT2D eigenvalue weighted by Gasteiger charge is -2.41. The Kier molecular flexibility index (Phi) is 3.25. The van der Waals surface area contributed by atoms with Crippen LogP contribution in [-0.2, 0) is 0 Å². The molecular formula is C15H24O. The summed E-state index contributed by atoms with van der Waals surface area (Å²) < 4.78 is 0. The molecule has 0 aliphatic heterocycles. The zero-order valence-electron chi connectivity index (χ0n) is 10.8. The van der Waals surface area contributed by atoms with E-state index in [1.54, 1.807) is 11.1 Å². The van der Waals surface area contributed by atoms with Crippen molar-refractivity contribution in [1.29, 1.82) is 0 Å². The highest BCUT2D eigenvalue weighted by Gasteiger charge is 2.37. The minimum absolute atomic E-state index is 0.0961. The van der Waals surface area contributed by atoms with Gasteiger partial charge in [-0.05, 0) is 57.8 Å². The molecule has 0 radical (unpaired) electrons. The zero-order valence-corrected chi connectivity index (χ0v) is 10.8. The Hall–Kier alpha value is -0.560. The first-order chi connectivity index (χ1) is 7.51. The molecule has 16 heavy (non-hydrogen) atoms. The predicted octanol–water partition coefficient (Wildman–Crippen LogP) is 3.98. The Balaban J connectivity index is 2.27. The average Bonchev–Trinajstić information content (AvgIpc) is 2.20. The van der Waals surface area contributed by atoms with Crippen LogP contribution in [0.15, 0.2) is 22.8 Å². The fourth-order valence-electron chi connectivity index (χ4n) is 3.08. The Morgan fingerprint density at radius 2 is 2.12 bits per heavy atom. The summed E-state index contributed by atoms with van der Waals surface area (Å²) in [7, 11) is 0. The molecular weight excluding hydrogens is 196 g/mol. The SMILES string of the molecule is CC(C)=C1C/C=C2/CC[C@@H](O)[C@](C)(CC1)C2. The van der Waals surface area contributed by atoms with E-state index >= 15 is 0 Å². The van der Waals surface area contributed by atoms with Crippen molar-refractivity contribution in [1.82, 2.24) is 0 Å². The van der Waals surface area contributed by atoms with Crippen molar-refractivity contribution in [2.24, 2.45) is 5.41 Å². The molecule has 1 heteroatoms. The molecule has 0 aromatic heterocycles. The van der Waals surface area contributed by atoms with Crippen LogP contribution >= 0.6 is 0 Å². The van der Waals surface area contributed by atoms with Gasteiger partial charge in [-0.15, -0.1) is 0 Å². The molecule has 1 nitrogen and oxygen atoms in total. The molecule has 2 aliphatic rings. The smallest absolute Gasteiger partial charge is 0.0600 e. The summed E-state index contributed by atoms with van der Waals surface area (Å²) in [6.45, 7) is 6.69. The second kappa shape index (κ2) is 4.37. The molecule has 1 saturated carbocycles. The predicted molar refractivity (Wildman–Crippen MR) is 68.3 cm³/mol. The minimum atomic E-state index is -0.0961. The third kappa shape index (κ3) is 2.24. The molecule has 0 aromatic carbocycles. The van der Waals surface area contributed by atoms with Gasteiger partial charge in [0.1, 0.15) is 0 Å². The molecule has 90 valence electrons. The molecule has 0 unspecified atom stereocenters. The van der Waals surface area contributed by atoms with Crippen molar-refractivity contribution in [3.63, 3.8) is 0 Å². The fourth-order valence-corrected chi connectivity index (χ4v) is 3.08. The first kappa shape index (κ1) is 11.9. The van der Waals surface area contributed by atoms with Crippen molar-refractivity contribution in [2.75, 3.05) is 0 Å². The number of aliphatic hydroxyl groups excluding tert-OH is 1. The van der Waals surface area contributed by atoms with Crippen LogP contribution in [0.3, 0.4) is 0 Å². The first-order valence-corrected chi connectivity index (χ1v) is 6.52. The standard InChI is InChI=1S/C15H24O/c1-11(2)13-6-4-12-5-7-14(16)15(3,10-12)9-8-13/h4,14,16H,5-10H2,1-3H3/b12-4-/t14-,15-/m1/s1. The molecule has 2 bridgehead atoms. The van der Waals surface area contributed by atoms with E-state index < -0.39 is 0 Å². The molecule has 0 amide bonds. The van der Waals surface area contributed by atoms with Gasteiger partial charge in [0, 0.05) is 0 Å². The van der Waals surface area contributed by atoms with Gasteiger partial charge >= 0.3 is 0 Å². The molecule has 1 N–H and O–H groups in total. The monoisotopic (exact) mass is 220 g/mol. The lowest BCUT2D eigenvalue weighted by atomic mass is 9.67. The maximum Gasteiger partial charge on any atom is 0.0600 e. The molecule has 0 spiro atoms. The van der Waals surface area contributed by atoms with Crippen molar-refractivity contribution in [3.8, 4) is 0 Å². The van der Waals surface area contributed by atoms with Crippen molar-refractivity contribution < 1.29 is 5.11 Å². The van der Waals surface area contributed by atoms with Gasteiger partial charge in [0.25, 0.3) is 0 Å². The van der Waals surface area contributed by atoms with Crippen LogP contribution < -0.4 is 0 Å². The lowest BCUT2D eigenvalue weighted by molar-refractivity contribution is 0.00978. The third-order valence-electron chi connectivity index (χ3n) is 4.52. The van der Waals surface area contributed by atoms with Crippen LogP contribution in [0.1, 0.15) is 59.3 Å². The van der Waals surface area contributed by atoms with Gasteiger partial charge in [-0.1, -0.05) is 29.7 Å². The van der Waals surface area contributed by atoms with E-state index in [1.807, 2.05) is 0 Å². The van der Waals surface area contributed by atoms with Crippen LogP contribution in [0.25, 0.3) is 0 Å². The van der Waals surface area contributed by atoms with Gasteiger partial charge in [0.05, 0.1) is 6.10 Å². The first-order valence-electron chi connectivity index (χ1n) is 6.52. The summed E-state index contributed by atoms with van der Waals surface area (Å²) in [6.07, 6.45) is 8.96. The largest absolute Gasteiger partial charge is 0.393 e. The van der Waals surface area contributed by atoms with E-state index in [4.69, 9.17) is 0 Å². The summed E-state index contributed by atoms with van der Waals surface area (Å²) in [5.74, 6) is 0. The molecule has 1 fully saturated rings. The normalized spacial score (nSPS) is 38.4. The molecule has 0 heterocycles. The minimum Gasteiger partial charge on any atom is -0.393 e. The summed E-state index contributed by atoms with van der Waals surface area (Å²) in [5, 5.41) is 10.2. The number of hydrogen-bond donors (Lipinski definition) is 1. The van der Waals surface area contributed by atoms with E-state index in [9.17, 15) is 5.11 Å². The highest BCUT2D eigenvalue weighted by molar-refractivity contribution is 5.21. The average molecular weight is 220 g/mol. The summed E-state index contributed by atoms with van der Waals surface area (Å²) in [5.41, 5.74) is 4.75. The van der Waals surface area contributed by atoms with E-state index in [1.165, 1.54) is 12.0 Å². The van der Waals surface area contributed by atoms with E-state index in [2.05, 4.69) is 26.8 Å². The Bertz CT molecular complexity index is 333. The molecule has 2 atom stereocenters. The number of aliphatic hydroxyl groups is 1. The number of hydrogen-bond acceptors (Lipinski definition) is 1. The number of rotatable bonds is 0. The molecule has 2 aliphatic carbocycles. The number of fused-ring (bicyclic) bond motifs is 2. The zero-order chi connectivity index (χ0) is 11.8. The van der Waals surface area contributed by atoms with Gasteiger partial charge in [0.15, 0.2) is 0 Å². The maximum atomic E-state index is 10.2. The van der Waals surface area contributed by atoms with Gasteiger partial charge in [0.2, 0.25) is 0 Å². The van der Waals surface area contributed by atoms with Crippen molar-refractivity contribution in [2.45, 2.75) is 65.4 Å². The molecule has 0 saturated heterocycles. The van der Waals surface area contributed by atoms with Gasteiger partial charge in [-0.25, -0.2) is 0 Å². The Morgan fingerprint density at radius 1 is 1.38 bits per heavy atom. The van der Waals surface area contributed by atoms with Crippen LogP contribution in [0, 0.1) is 5.41 Å². The molecule has 0 aromatic rings. The highest BCUT2D eigenvalue weighted by atomic mass is 16.3. The van der Waals surface area contributed by atoms with Crippen LogP contribution in [0.2, 0.25) is 0 Å². The fraction of sp³-hybridized carbons (Fsp3) is 0.733. The highest BCUT2D eigenvalue weighted by Crippen LogP contribution is 2.45. The summed E-state index contributed by atoms with van der Waals surface area (Å²) in [4.78, 5) is 0. The van der Waals surface area contributed by atoms with E-state index in [-0.39, 0.29) is 11.5 Å². The lowest BCUT2D eigenvalue weighted by Crippen LogP contribution is -2.37. The van der Waals surface area contributed by atoms with E-state index in [0.29, 0.717) is 0 Å². The summed E-state index contributed by atoms with van der Waals surface area (Å²) >= 11 is 0. The Labute approximate surface area is 99.3 Å². The van der Waals surface area contributed by atoms with Crippen LogP contribution in [0.5, 0.6) is 0 Å². The summed E-state index contributed by atoms with van der Waals surface area (Å²) in [6, 6.07) is 0.